The second kappa shape index (κ2) is 6.38. The number of benzene rings is 1. The number of rotatable bonds is 4. The Bertz CT molecular complexity index is 632. The van der Waals surface area contributed by atoms with Crippen LogP contribution in [-0.4, -0.2) is 25.0 Å². The summed E-state index contributed by atoms with van der Waals surface area (Å²) in [6.07, 6.45) is 1.63. The predicted octanol–water partition coefficient (Wildman–Crippen LogP) is 3.15. The number of carbonyl (C=O) groups is 1. The molecule has 2 N–H and O–H groups in total. The molecule has 2 aromatic rings. The molecule has 0 spiro atoms. The van der Waals surface area contributed by atoms with E-state index < -0.39 is 0 Å². The van der Waals surface area contributed by atoms with E-state index in [1.807, 2.05) is 0 Å². The fraction of sp³-hybridized carbons (Fsp3) is 0.143. The van der Waals surface area contributed by atoms with Gasteiger partial charge in [0.2, 0.25) is 0 Å². The van der Waals surface area contributed by atoms with Gasteiger partial charge in [-0.15, -0.1) is 0 Å². The van der Waals surface area contributed by atoms with Crippen molar-refractivity contribution in [3.63, 3.8) is 0 Å². The van der Waals surface area contributed by atoms with E-state index in [1.54, 1.807) is 50.7 Å². The summed E-state index contributed by atoms with van der Waals surface area (Å²) in [4.78, 5) is 16.3. The molecule has 0 atom stereocenters. The smallest absolute Gasteiger partial charge is 0.259 e. The van der Waals surface area contributed by atoms with Crippen molar-refractivity contribution in [2.75, 3.05) is 24.8 Å². The van der Waals surface area contributed by atoms with Crippen molar-refractivity contribution in [3.8, 4) is 5.75 Å². The summed E-state index contributed by atoms with van der Waals surface area (Å²) in [6.45, 7) is 0. The van der Waals surface area contributed by atoms with Gasteiger partial charge < -0.3 is 15.4 Å². The second-order valence-electron chi connectivity index (χ2n) is 3.95. The van der Waals surface area contributed by atoms with Gasteiger partial charge in [0.1, 0.15) is 11.6 Å². The zero-order chi connectivity index (χ0) is 14.5. The van der Waals surface area contributed by atoms with Crippen LogP contribution >= 0.6 is 15.9 Å². The Hall–Kier alpha value is -2.08. The molecule has 1 heterocycles. The van der Waals surface area contributed by atoms with Crippen LogP contribution in [-0.2, 0) is 0 Å². The zero-order valence-corrected chi connectivity index (χ0v) is 12.7. The molecule has 0 radical (unpaired) electrons. The van der Waals surface area contributed by atoms with Crippen molar-refractivity contribution in [3.05, 3.63) is 46.6 Å². The Morgan fingerprint density at radius 1 is 1.35 bits per heavy atom. The van der Waals surface area contributed by atoms with Crippen molar-refractivity contribution >= 4 is 33.3 Å². The Morgan fingerprint density at radius 3 is 2.80 bits per heavy atom. The van der Waals surface area contributed by atoms with Gasteiger partial charge in [-0.1, -0.05) is 0 Å². The fourth-order valence-corrected chi connectivity index (χ4v) is 2.27. The largest absolute Gasteiger partial charge is 0.496 e. The highest BCUT2D eigenvalue weighted by molar-refractivity contribution is 9.10. The Labute approximate surface area is 125 Å². The third kappa shape index (κ3) is 3.08. The standard InChI is InChI=1S/C14H14BrN3O2/c1-16-13-10(4-3-7-17-13)14(19)18-9-5-6-12(20-2)11(15)8-9/h3-8H,1-2H3,(H,16,17)(H,18,19). The molecule has 0 aliphatic heterocycles. The molecule has 1 aromatic carbocycles. The van der Waals surface area contributed by atoms with Crippen LogP contribution in [0.15, 0.2) is 41.0 Å². The molecule has 5 nitrogen and oxygen atoms in total. The molecule has 0 aliphatic rings. The average molecular weight is 336 g/mol. The van der Waals surface area contributed by atoms with E-state index in [0.717, 1.165) is 4.47 Å². The van der Waals surface area contributed by atoms with Crippen molar-refractivity contribution in [1.82, 2.24) is 4.98 Å². The summed E-state index contributed by atoms with van der Waals surface area (Å²) in [5.41, 5.74) is 1.16. The molecule has 1 aromatic heterocycles. The van der Waals surface area contributed by atoms with Crippen molar-refractivity contribution in [1.29, 1.82) is 0 Å². The van der Waals surface area contributed by atoms with Crippen LogP contribution in [0.25, 0.3) is 0 Å². The highest BCUT2D eigenvalue weighted by Crippen LogP contribution is 2.28. The lowest BCUT2D eigenvalue weighted by Gasteiger charge is -2.10. The minimum absolute atomic E-state index is 0.223. The van der Waals surface area contributed by atoms with Gasteiger partial charge in [-0.05, 0) is 46.3 Å². The summed E-state index contributed by atoms with van der Waals surface area (Å²) in [6, 6.07) is 8.78. The Balaban J connectivity index is 2.21. The number of methoxy groups -OCH3 is 1. The maximum Gasteiger partial charge on any atom is 0.259 e. The number of hydrogen-bond donors (Lipinski definition) is 2. The SMILES string of the molecule is CNc1ncccc1C(=O)Nc1ccc(OC)c(Br)c1. The van der Waals surface area contributed by atoms with Gasteiger partial charge in [-0.25, -0.2) is 4.98 Å². The molecule has 0 bridgehead atoms. The molecule has 2 rings (SSSR count). The van der Waals surface area contributed by atoms with E-state index in [9.17, 15) is 4.79 Å². The van der Waals surface area contributed by atoms with Crippen LogP contribution in [0.2, 0.25) is 0 Å². The molecule has 104 valence electrons. The van der Waals surface area contributed by atoms with Crippen LogP contribution in [0.5, 0.6) is 5.75 Å². The lowest BCUT2D eigenvalue weighted by molar-refractivity contribution is 0.102. The lowest BCUT2D eigenvalue weighted by atomic mass is 10.2. The van der Waals surface area contributed by atoms with Crippen LogP contribution in [0.1, 0.15) is 10.4 Å². The fourth-order valence-electron chi connectivity index (χ4n) is 1.73. The lowest BCUT2D eigenvalue weighted by Crippen LogP contribution is -2.14. The van der Waals surface area contributed by atoms with Crippen LogP contribution in [0, 0.1) is 0 Å². The van der Waals surface area contributed by atoms with Gasteiger partial charge in [0.15, 0.2) is 0 Å². The monoisotopic (exact) mass is 335 g/mol. The number of halogens is 1. The summed E-state index contributed by atoms with van der Waals surface area (Å²) >= 11 is 3.38. The Kier molecular flexibility index (Phi) is 4.57. The number of hydrogen-bond acceptors (Lipinski definition) is 4. The number of carbonyl (C=O) groups excluding carboxylic acids is 1. The number of ether oxygens (including phenoxy) is 1. The predicted molar refractivity (Wildman–Crippen MR) is 82.4 cm³/mol. The van der Waals surface area contributed by atoms with Crippen molar-refractivity contribution < 1.29 is 9.53 Å². The summed E-state index contributed by atoms with van der Waals surface area (Å²) < 4.78 is 5.92. The summed E-state index contributed by atoms with van der Waals surface area (Å²) in [5.74, 6) is 1.03. The first kappa shape index (κ1) is 14.3. The second-order valence-corrected chi connectivity index (χ2v) is 4.81. The number of aromatic nitrogens is 1. The number of amides is 1. The van der Waals surface area contributed by atoms with Crippen LogP contribution in [0.3, 0.4) is 0 Å². The normalized spacial score (nSPS) is 9.95. The molecule has 0 fully saturated rings. The topological polar surface area (TPSA) is 63.2 Å². The highest BCUT2D eigenvalue weighted by atomic mass is 79.9. The molecule has 0 saturated heterocycles. The zero-order valence-electron chi connectivity index (χ0n) is 11.1. The first-order valence-corrected chi connectivity index (χ1v) is 6.72. The minimum atomic E-state index is -0.223. The summed E-state index contributed by atoms with van der Waals surface area (Å²) in [5, 5.41) is 5.71. The van der Waals surface area contributed by atoms with Gasteiger partial charge in [-0.2, -0.15) is 0 Å². The molecular formula is C14H14BrN3O2. The average Bonchev–Trinajstić information content (AvgIpc) is 2.47. The number of nitrogens with zero attached hydrogens (tertiary/aromatic N) is 1. The number of nitrogens with one attached hydrogen (secondary N) is 2. The maximum atomic E-state index is 12.2. The first-order chi connectivity index (χ1) is 9.65. The maximum absolute atomic E-state index is 12.2. The quantitative estimate of drug-likeness (QED) is 0.900. The highest BCUT2D eigenvalue weighted by Gasteiger charge is 2.12. The number of pyridine rings is 1. The third-order valence-electron chi connectivity index (χ3n) is 2.70. The van der Waals surface area contributed by atoms with E-state index in [1.165, 1.54) is 0 Å². The Morgan fingerprint density at radius 2 is 2.15 bits per heavy atom. The first-order valence-electron chi connectivity index (χ1n) is 5.93. The van der Waals surface area contributed by atoms with Crippen LogP contribution in [0.4, 0.5) is 11.5 Å². The minimum Gasteiger partial charge on any atom is -0.496 e. The van der Waals surface area contributed by atoms with Gasteiger partial charge in [0.05, 0.1) is 17.1 Å². The van der Waals surface area contributed by atoms with E-state index in [2.05, 4.69) is 31.5 Å². The van der Waals surface area contributed by atoms with Gasteiger partial charge in [0, 0.05) is 18.9 Å². The molecular weight excluding hydrogens is 322 g/mol. The van der Waals surface area contributed by atoms with E-state index >= 15 is 0 Å². The van der Waals surface area contributed by atoms with E-state index in [4.69, 9.17) is 4.74 Å². The third-order valence-corrected chi connectivity index (χ3v) is 3.32. The van der Waals surface area contributed by atoms with Gasteiger partial charge in [-0.3, -0.25) is 4.79 Å². The molecule has 6 heteroatoms. The molecule has 0 unspecified atom stereocenters. The van der Waals surface area contributed by atoms with Crippen LogP contribution < -0.4 is 15.4 Å². The van der Waals surface area contributed by atoms with Crippen molar-refractivity contribution in [2.45, 2.75) is 0 Å². The van der Waals surface area contributed by atoms with Gasteiger partial charge >= 0.3 is 0 Å². The van der Waals surface area contributed by atoms with Crippen molar-refractivity contribution in [2.24, 2.45) is 0 Å². The number of anilines is 2. The molecule has 0 aliphatic carbocycles. The van der Waals surface area contributed by atoms with Gasteiger partial charge in [0.25, 0.3) is 5.91 Å². The molecule has 1 amide bonds. The summed E-state index contributed by atoms with van der Waals surface area (Å²) in [7, 11) is 3.32. The molecule has 0 saturated carbocycles. The van der Waals surface area contributed by atoms with E-state index in [-0.39, 0.29) is 5.91 Å². The molecule has 20 heavy (non-hydrogen) atoms. The van der Waals surface area contributed by atoms with E-state index in [0.29, 0.717) is 22.8 Å².